The lowest BCUT2D eigenvalue weighted by Crippen LogP contribution is -1.79. The molecule has 26 heavy (non-hydrogen) atoms. The second-order valence-electron chi connectivity index (χ2n) is 7.49. The summed E-state index contributed by atoms with van der Waals surface area (Å²) in [6.07, 6.45) is 37.5. The van der Waals surface area contributed by atoms with Crippen LogP contribution in [-0.2, 0) is 0 Å². The topological polar surface area (TPSA) is 0 Å². The molecular weight excluding hydrogens is 312 g/mol. The third-order valence-corrected chi connectivity index (χ3v) is 4.88. The van der Waals surface area contributed by atoms with Crippen molar-refractivity contribution in [1.82, 2.24) is 0 Å². The zero-order chi connectivity index (χ0) is 19.0. The van der Waals surface area contributed by atoms with E-state index in [1.807, 2.05) is 12.2 Å². The number of hydrogen-bond donors (Lipinski definition) is 0. The quantitative estimate of drug-likeness (QED) is 0.141. The van der Waals surface area contributed by atoms with Gasteiger partial charge in [0.2, 0.25) is 0 Å². The molecule has 0 heterocycles. The average Bonchev–Trinajstić information content (AvgIpc) is 2.66. The van der Waals surface area contributed by atoms with E-state index in [9.17, 15) is 0 Å². The fraction of sp³-hybridized carbons (Fsp3) is 0.692. The van der Waals surface area contributed by atoms with Crippen molar-refractivity contribution in [3.8, 4) is 0 Å². The van der Waals surface area contributed by atoms with Gasteiger partial charge in [0.05, 0.1) is 0 Å². The Balaban J connectivity index is 3.14. The van der Waals surface area contributed by atoms with E-state index in [4.69, 9.17) is 0 Å². The molecule has 0 saturated heterocycles. The molecule has 0 aromatic rings. The van der Waals surface area contributed by atoms with Crippen LogP contribution in [0.1, 0.15) is 116 Å². The van der Waals surface area contributed by atoms with Gasteiger partial charge < -0.3 is 0 Å². The van der Waals surface area contributed by atoms with E-state index < -0.39 is 0 Å². The van der Waals surface area contributed by atoms with Gasteiger partial charge in [-0.2, -0.15) is 0 Å². The minimum atomic E-state index is 1.18. The van der Waals surface area contributed by atoms with Gasteiger partial charge in [-0.25, -0.2) is 0 Å². The minimum absolute atomic E-state index is 1.18. The van der Waals surface area contributed by atoms with Crippen molar-refractivity contribution < 1.29 is 0 Å². The van der Waals surface area contributed by atoms with Gasteiger partial charge in [-0.15, -0.1) is 13.2 Å². The Morgan fingerprint density at radius 3 is 0.769 bits per heavy atom. The average molecular weight is 359 g/mol. The summed E-state index contributed by atoms with van der Waals surface area (Å²) in [4.78, 5) is 0. The van der Waals surface area contributed by atoms with E-state index in [1.165, 1.54) is 116 Å². The van der Waals surface area contributed by atoms with Crippen LogP contribution in [-0.4, -0.2) is 0 Å². The molecule has 0 aliphatic heterocycles. The van der Waals surface area contributed by atoms with Crippen molar-refractivity contribution in [2.45, 2.75) is 116 Å². The Morgan fingerprint density at radius 2 is 0.538 bits per heavy atom. The molecule has 0 radical (unpaired) electrons. The molecular formula is C26H46. The van der Waals surface area contributed by atoms with E-state index in [0.717, 1.165) is 0 Å². The van der Waals surface area contributed by atoms with Crippen molar-refractivity contribution >= 4 is 0 Å². The van der Waals surface area contributed by atoms with Crippen LogP contribution in [0, 0.1) is 0 Å². The predicted octanol–water partition coefficient (Wildman–Crippen LogP) is 9.49. The molecule has 0 spiro atoms. The fourth-order valence-electron chi connectivity index (χ4n) is 3.16. The summed E-state index contributed by atoms with van der Waals surface area (Å²) in [7, 11) is 0. The van der Waals surface area contributed by atoms with Crippen molar-refractivity contribution in [3.05, 3.63) is 49.6 Å². The third kappa shape index (κ3) is 23.0. The Labute approximate surface area is 165 Å². The van der Waals surface area contributed by atoms with E-state index in [2.05, 4.69) is 37.5 Å². The lowest BCUT2D eigenvalue weighted by molar-refractivity contribution is 0.642. The van der Waals surface area contributed by atoms with Gasteiger partial charge in [0, 0.05) is 0 Å². The largest absolute Gasteiger partial charge is 0.103 e. The molecule has 0 aliphatic carbocycles. The lowest BCUT2D eigenvalue weighted by Gasteiger charge is -1.98. The zero-order valence-corrected chi connectivity index (χ0v) is 17.6. The number of unbranched alkanes of at least 4 members (excludes halogenated alkanes) is 15. The molecule has 0 fully saturated rings. The van der Waals surface area contributed by atoms with Crippen LogP contribution in [0.4, 0.5) is 0 Å². The normalized spacial score (nSPS) is 11.5. The highest BCUT2D eigenvalue weighted by Crippen LogP contribution is 2.10. The molecule has 0 N–H and O–H groups in total. The van der Waals surface area contributed by atoms with Crippen LogP contribution >= 0.6 is 0 Å². The van der Waals surface area contributed by atoms with E-state index in [0.29, 0.717) is 0 Å². The molecule has 0 saturated carbocycles. The summed E-state index contributed by atoms with van der Waals surface area (Å²) >= 11 is 0. The smallest absolute Gasteiger partial charge is 0.0351 e. The molecule has 0 unspecified atom stereocenters. The molecule has 0 nitrogen and oxygen atoms in total. The van der Waals surface area contributed by atoms with Crippen LogP contribution in [0.25, 0.3) is 0 Å². The highest BCUT2D eigenvalue weighted by molar-refractivity contribution is 4.82. The van der Waals surface area contributed by atoms with Crippen molar-refractivity contribution in [3.63, 3.8) is 0 Å². The highest BCUT2D eigenvalue weighted by Gasteiger charge is 1.90. The molecule has 150 valence electrons. The summed E-state index contributed by atoms with van der Waals surface area (Å²) in [5.41, 5.74) is 0. The van der Waals surface area contributed by atoms with Crippen LogP contribution in [0.5, 0.6) is 0 Å². The second-order valence-corrected chi connectivity index (χ2v) is 7.49. The molecule has 0 rings (SSSR count). The number of rotatable bonds is 21. The van der Waals surface area contributed by atoms with Crippen LogP contribution in [0.3, 0.4) is 0 Å². The summed E-state index contributed by atoms with van der Waals surface area (Å²) in [5, 5.41) is 0. The predicted molar refractivity (Wildman–Crippen MR) is 122 cm³/mol. The first kappa shape index (κ1) is 25.0. The zero-order valence-electron chi connectivity index (χ0n) is 17.6. The van der Waals surface area contributed by atoms with Crippen LogP contribution < -0.4 is 0 Å². The molecule has 0 amide bonds. The van der Waals surface area contributed by atoms with E-state index >= 15 is 0 Å². The lowest BCUT2D eigenvalue weighted by atomic mass is 10.1. The molecule has 0 atom stereocenters. The first-order chi connectivity index (χ1) is 12.9. The van der Waals surface area contributed by atoms with Gasteiger partial charge in [-0.1, -0.05) is 75.0 Å². The maximum Gasteiger partial charge on any atom is -0.0351 e. The Kier molecular flexibility index (Phi) is 23.0. The van der Waals surface area contributed by atoms with Crippen LogP contribution in [0.15, 0.2) is 49.6 Å². The maximum atomic E-state index is 3.77. The minimum Gasteiger partial charge on any atom is -0.103 e. The first-order valence-corrected chi connectivity index (χ1v) is 11.4. The number of hydrogen-bond acceptors (Lipinski definition) is 0. The summed E-state index contributed by atoms with van der Waals surface area (Å²) in [5.74, 6) is 0. The van der Waals surface area contributed by atoms with Gasteiger partial charge in [0.25, 0.3) is 0 Å². The van der Waals surface area contributed by atoms with Gasteiger partial charge in [-0.05, 0) is 77.0 Å². The maximum absolute atomic E-state index is 3.77. The summed E-state index contributed by atoms with van der Waals surface area (Å²) < 4.78 is 0. The Hall–Kier alpha value is -1.04. The third-order valence-electron chi connectivity index (χ3n) is 4.88. The van der Waals surface area contributed by atoms with Gasteiger partial charge in [0.1, 0.15) is 0 Å². The Morgan fingerprint density at radius 1 is 0.308 bits per heavy atom. The van der Waals surface area contributed by atoms with Crippen molar-refractivity contribution in [2.24, 2.45) is 0 Å². The van der Waals surface area contributed by atoms with Crippen molar-refractivity contribution in [2.75, 3.05) is 0 Å². The number of allylic oxidation sites excluding steroid dienone is 6. The van der Waals surface area contributed by atoms with E-state index in [-0.39, 0.29) is 0 Å². The molecule has 0 aromatic carbocycles. The molecule has 0 bridgehead atoms. The molecule has 0 aromatic heterocycles. The Bertz CT molecular complexity index is 300. The fourth-order valence-corrected chi connectivity index (χ4v) is 3.16. The SMILES string of the molecule is C=CCCCCCC/C=C/CCCCCC/C=C/CCCCCCC=C. The molecule has 0 aliphatic rings. The van der Waals surface area contributed by atoms with Gasteiger partial charge >= 0.3 is 0 Å². The summed E-state index contributed by atoms with van der Waals surface area (Å²) in [6.45, 7) is 7.54. The first-order valence-electron chi connectivity index (χ1n) is 11.4. The van der Waals surface area contributed by atoms with Gasteiger partial charge in [-0.3, -0.25) is 0 Å². The second kappa shape index (κ2) is 24.0. The monoisotopic (exact) mass is 358 g/mol. The molecule has 0 heteroatoms. The summed E-state index contributed by atoms with van der Waals surface area (Å²) in [6, 6.07) is 0. The van der Waals surface area contributed by atoms with Crippen molar-refractivity contribution in [1.29, 1.82) is 0 Å². The highest BCUT2D eigenvalue weighted by atomic mass is 14.0. The standard InChI is InChI=1S/C26H46/c1-3-5-7-9-11-13-15-17-19-21-23-25-26-24-22-20-18-16-14-12-10-8-6-4-2/h3-4,17-20H,1-2,5-16,21-26H2/b19-17+,20-18+. The van der Waals surface area contributed by atoms with Crippen LogP contribution in [0.2, 0.25) is 0 Å². The van der Waals surface area contributed by atoms with E-state index in [1.54, 1.807) is 0 Å². The van der Waals surface area contributed by atoms with Gasteiger partial charge in [0.15, 0.2) is 0 Å².